The van der Waals surface area contributed by atoms with Gasteiger partial charge < -0.3 is 4.74 Å². The van der Waals surface area contributed by atoms with Gasteiger partial charge in [-0.25, -0.2) is 4.39 Å². The number of halogens is 1. The molecule has 8 atom stereocenters. The third-order valence-corrected chi connectivity index (χ3v) is 8.88. The Bertz CT molecular complexity index is 758. The molecular formula is C23H31FO4. The summed E-state index contributed by atoms with van der Waals surface area (Å²) in [6.45, 7) is 7.27. The van der Waals surface area contributed by atoms with Crippen molar-refractivity contribution in [2.75, 3.05) is 0 Å². The van der Waals surface area contributed by atoms with Gasteiger partial charge in [0.1, 0.15) is 11.9 Å². The summed E-state index contributed by atoms with van der Waals surface area (Å²) in [6, 6.07) is 0. The van der Waals surface area contributed by atoms with E-state index in [4.69, 9.17) is 4.74 Å². The highest BCUT2D eigenvalue weighted by atomic mass is 19.1. The Kier molecular flexibility index (Phi) is 4.59. The summed E-state index contributed by atoms with van der Waals surface area (Å²) in [7, 11) is 0. The summed E-state index contributed by atoms with van der Waals surface area (Å²) in [5.74, 6) is 0.284. The first-order chi connectivity index (χ1) is 13.1. The van der Waals surface area contributed by atoms with E-state index in [-0.39, 0.29) is 23.0 Å². The second-order valence-corrected chi connectivity index (χ2v) is 9.99. The van der Waals surface area contributed by atoms with E-state index in [1.807, 2.05) is 6.92 Å². The van der Waals surface area contributed by atoms with Crippen molar-refractivity contribution in [3.63, 3.8) is 0 Å². The molecule has 28 heavy (non-hydrogen) atoms. The number of alkyl halides is 1. The Morgan fingerprint density at radius 1 is 1.11 bits per heavy atom. The molecule has 4 aliphatic rings. The van der Waals surface area contributed by atoms with Crippen LogP contribution in [0.2, 0.25) is 0 Å². The SMILES string of the molecule is CC(=O)OC1C(F)C(=O)C=C2CC[C@H]3[C@@H]4CC[C@H](C(C)=O)[C@@]4(C)CC[C@@H]3[C@]21C. The lowest BCUT2D eigenvalue weighted by Crippen LogP contribution is -2.59. The van der Waals surface area contributed by atoms with Crippen LogP contribution in [0.25, 0.3) is 0 Å². The molecule has 154 valence electrons. The monoisotopic (exact) mass is 390 g/mol. The maximum absolute atomic E-state index is 15.0. The number of hydrogen-bond acceptors (Lipinski definition) is 4. The molecule has 4 rings (SSSR count). The van der Waals surface area contributed by atoms with Crippen LogP contribution in [0, 0.1) is 34.5 Å². The molecule has 0 aromatic heterocycles. The standard InChI is InChI=1S/C23H31FO4/c1-12(25)16-7-8-17-15-6-5-14-11-19(27)20(24)21(28-13(2)26)23(14,4)18(15)9-10-22(16,17)3/h11,15-18,20-21H,5-10H2,1-4H3/t15-,16+,17-,18-,20?,21?,22+,23-/m0/s1. The van der Waals surface area contributed by atoms with Gasteiger partial charge in [0, 0.05) is 18.3 Å². The molecule has 0 aromatic rings. The van der Waals surface area contributed by atoms with Crippen LogP contribution in [-0.4, -0.2) is 29.8 Å². The van der Waals surface area contributed by atoms with Gasteiger partial charge in [-0.3, -0.25) is 14.4 Å². The fourth-order valence-electron chi connectivity index (χ4n) is 7.62. The number of esters is 1. The summed E-state index contributed by atoms with van der Waals surface area (Å²) < 4.78 is 20.4. The van der Waals surface area contributed by atoms with E-state index in [1.54, 1.807) is 6.92 Å². The van der Waals surface area contributed by atoms with Crippen LogP contribution < -0.4 is 0 Å². The van der Waals surface area contributed by atoms with Gasteiger partial charge in [-0.15, -0.1) is 0 Å². The van der Waals surface area contributed by atoms with Gasteiger partial charge in [-0.1, -0.05) is 19.4 Å². The lowest BCUT2D eigenvalue weighted by Gasteiger charge is -2.59. The predicted molar refractivity (Wildman–Crippen MR) is 102 cm³/mol. The molecule has 4 nitrogen and oxygen atoms in total. The van der Waals surface area contributed by atoms with Gasteiger partial charge in [0.15, 0.2) is 12.0 Å². The normalized spacial score (nSPS) is 47.5. The molecule has 0 bridgehead atoms. The Hall–Kier alpha value is -1.52. The molecule has 0 N–H and O–H groups in total. The fourth-order valence-corrected chi connectivity index (χ4v) is 7.62. The molecule has 0 aromatic carbocycles. The third-order valence-electron chi connectivity index (χ3n) is 8.88. The first kappa shape index (κ1) is 19.8. The number of fused-ring (bicyclic) bond motifs is 5. The van der Waals surface area contributed by atoms with Gasteiger partial charge in [0.25, 0.3) is 0 Å². The molecule has 0 amide bonds. The van der Waals surface area contributed by atoms with Crippen LogP contribution in [0.5, 0.6) is 0 Å². The first-order valence-electron chi connectivity index (χ1n) is 10.7. The van der Waals surface area contributed by atoms with Crippen molar-refractivity contribution in [3.05, 3.63) is 11.6 Å². The largest absolute Gasteiger partial charge is 0.458 e. The van der Waals surface area contributed by atoms with Crippen molar-refractivity contribution in [2.45, 2.75) is 78.5 Å². The molecule has 0 aliphatic heterocycles. The van der Waals surface area contributed by atoms with E-state index in [0.29, 0.717) is 11.8 Å². The number of rotatable bonds is 2. The Morgan fingerprint density at radius 3 is 2.46 bits per heavy atom. The molecular weight excluding hydrogens is 359 g/mol. The summed E-state index contributed by atoms with van der Waals surface area (Å²) in [5.41, 5.74) is 0.321. The Balaban J connectivity index is 1.73. The summed E-state index contributed by atoms with van der Waals surface area (Å²) in [4.78, 5) is 36.2. The number of ether oxygens (including phenoxy) is 1. The maximum atomic E-state index is 15.0. The van der Waals surface area contributed by atoms with Crippen molar-refractivity contribution in [2.24, 2.45) is 34.5 Å². The van der Waals surface area contributed by atoms with E-state index < -0.39 is 29.4 Å². The van der Waals surface area contributed by atoms with Crippen LogP contribution in [0.15, 0.2) is 11.6 Å². The molecule has 0 radical (unpaired) electrons. The zero-order valence-electron chi connectivity index (χ0n) is 17.3. The molecule has 0 spiro atoms. The third kappa shape index (κ3) is 2.57. The minimum absolute atomic E-state index is 0.0150. The average Bonchev–Trinajstić information content (AvgIpc) is 2.97. The van der Waals surface area contributed by atoms with Gasteiger partial charge in [-0.05, 0) is 74.7 Å². The number of carbonyl (C=O) groups is 3. The van der Waals surface area contributed by atoms with Crippen molar-refractivity contribution >= 4 is 17.5 Å². The maximum Gasteiger partial charge on any atom is 0.303 e. The molecule has 4 aliphatic carbocycles. The summed E-state index contributed by atoms with van der Waals surface area (Å²) in [5, 5.41) is 0. The topological polar surface area (TPSA) is 60.4 Å². The molecule has 3 fully saturated rings. The average molecular weight is 390 g/mol. The van der Waals surface area contributed by atoms with Crippen molar-refractivity contribution < 1.29 is 23.5 Å². The number of hydrogen-bond donors (Lipinski definition) is 0. The van der Waals surface area contributed by atoms with Crippen LogP contribution in [0.4, 0.5) is 4.39 Å². The Morgan fingerprint density at radius 2 is 1.82 bits per heavy atom. The van der Waals surface area contributed by atoms with Crippen LogP contribution in [0.3, 0.4) is 0 Å². The fraction of sp³-hybridized carbons (Fsp3) is 0.783. The van der Waals surface area contributed by atoms with Crippen molar-refractivity contribution in [3.8, 4) is 0 Å². The zero-order chi connectivity index (χ0) is 20.4. The number of ketones is 2. The lowest BCUT2D eigenvalue weighted by molar-refractivity contribution is -0.173. The lowest BCUT2D eigenvalue weighted by atomic mass is 9.46. The highest BCUT2D eigenvalue weighted by Crippen LogP contribution is 2.67. The highest BCUT2D eigenvalue weighted by Gasteiger charge is 2.63. The predicted octanol–water partition coefficient (Wildman–Crippen LogP) is 4.21. The quantitative estimate of drug-likeness (QED) is 0.663. The molecule has 0 saturated heterocycles. The zero-order valence-corrected chi connectivity index (χ0v) is 17.3. The minimum atomic E-state index is -1.79. The van der Waals surface area contributed by atoms with Crippen molar-refractivity contribution in [1.29, 1.82) is 0 Å². The molecule has 0 heterocycles. The van der Waals surface area contributed by atoms with Gasteiger partial charge in [0.2, 0.25) is 0 Å². The molecule has 5 heteroatoms. The second kappa shape index (κ2) is 6.50. The summed E-state index contributed by atoms with van der Waals surface area (Å²) >= 11 is 0. The summed E-state index contributed by atoms with van der Waals surface area (Å²) in [6.07, 6.45) is 4.15. The van der Waals surface area contributed by atoms with Crippen molar-refractivity contribution in [1.82, 2.24) is 0 Å². The highest BCUT2D eigenvalue weighted by molar-refractivity contribution is 5.96. The van der Waals surface area contributed by atoms with Crippen LogP contribution >= 0.6 is 0 Å². The van der Waals surface area contributed by atoms with Gasteiger partial charge >= 0.3 is 5.97 Å². The number of carbonyl (C=O) groups excluding carboxylic acids is 3. The van der Waals surface area contributed by atoms with Gasteiger partial charge in [-0.2, -0.15) is 0 Å². The van der Waals surface area contributed by atoms with E-state index >= 15 is 0 Å². The van der Waals surface area contributed by atoms with Gasteiger partial charge in [0.05, 0.1) is 0 Å². The van der Waals surface area contributed by atoms with E-state index in [9.17, 15) is 18.8 Å². The first-order valence-corrected chi connectivity index (χ1v) is 10.7. The second-order valence-electron chi connectivity index (χ2n) is 9.99. The van der Waals surface area contributed by atoms with Crippen LogP contribution in [0.1, 0.15) is 66.2 Å². The smallest absolute Gasteiger partial charge is 0.303 e. The van der Waals surface area contributed by atoms with Crippen LogP contribution in [-0.2, 0) is 19.1 Å². The number of Topliss-reactive ketones (excluding diaryl/α,β-unsaturated/α-hetero) is 1. The molecule has 2 unspecified atom stereocenters. The van der Waals surface area contributed by atoms with E-state index in [2.05, 4.69) is 6.92 Å². The molecule has 3 saturated carbocycles. The minimum Gasteiger partial charge on any atom is -0.458 e. The van der Waals surface area contributed by atoms with E-state index in [0.717, 1.165) is 44.1 Å². The van der Waals surface area contributed by atoms with E-state index in [1.165, 1.54) is 13.0 Å². The Labute approximate surface area is 166 Å².